The third-order valence-corrected chi connectivity index (χ3v) is 7.11. The number of benzene rings is 2. The maximum absolute atomic E-state index is 12.6. The lowest BCUT2D eigenvalue weighted by atomic mass is 10.1. The highest BCUT2D eigenvalue weighted by Gasteiger charge is 2.22. The van der Waals surface area contributed by atoms with Crippen molar-refractivity contribution in [1.82, 2.24) is 9.71 Å². The monoisotopic (exact) mass is 457 g/mol. The number of ether oxygens (including phenoxy) is 1. The molecule has 31 heavy (non-hydrogen) atoms. The molecule has 0 atom stereocenters. The van der Waals surface area contributed by atoms with Gasteiger partial charge >= 0.3 is 0 Å². The van der Waals surface area contributed by atoms with Crippen LogP contribution in [0.3, 0.4) is 0 Å². The summed E-state index contributed by atoms with van der Waals surface area (Å²) in [7, 11) is -3.65. The Hall–Kier alpha value is -2.75. The summed E-state index contributed by atoms with van der Waals surface area (Å²) in [4.78, 5) is 17.2. The molecule has 2 N–H and O–H groups in total. The second-order valence-corrected chi connectivity index (χ2v) is 10.8. The highest BCUT2D eigenvalue weighted by molar-refractivity contribution is 7.89. The van der Waals surface area contributed by atoms with Gasteiger partial charge in [-0.2, -0.15) is 0 Å². The highest BCUT2D eigenvalue weighted by atomic mass is 32.2. The van der Waals surface area contributed by atoms with Crippen LogP contribution in [0.1, 0.15) is 36.7 Å². The van der Waals surface area contributed by atoms with Crippen molar-refractivity contribution in [2.45, 2.75) is 37.6 Å². The Morgan fingerprint density at radius 3 is 2.58 bits per heavy atom. The molecule has 1 aromatic heterocycles. The summed E-state index contributed by atoms with van der Waals surface area (Å²) in [6.45, 7) is 6.01. The molecular weight excluding hydrogens is 434 g/mol. The number of amides is 1. The molecule has 162 valence electrons. The SMILES string of the molecule is CC(C)(C)NS(=O)(=O)c1ccc(C(=O)Nc2nc(-c3ccc4c(c3)CCO4)cs2)cc1. The van der Waals surface area contributed by atoms with E-state index in [1.54, 1.807) is 20.8 Å². The number of nitrogens with one attached hydrogen (secondary N) is 2. The third kappa shape index (κ3) is 4.95. The van der Waals surface area contributed by atoms with Crippen molar-refractivity contribution >= 4 is 32.4 Å². The lowest BCUT2D eigenvalue weighted by Gasteiger charge is -2.20. The summed E-state index contributed by atoms with van der Waals surface area (Å²) >= 11 is 1.33. The van der Waals surface area contributed by atoms with Crippen molar-refractivity contribution < 1.29 is 17.9 Å². The number of hydrogen-bond donors (Lipinski definition) is 2. The number of carbonyl (C=O) groups excluding carboxylic acids is 1. The van der Waals surface area contributed by atoms with Gasteiger partial charge in [0, 0.05) is 28.5 Å². The lowest BCUT2D eigenvalue weighted by molar-refractivity contribution is 0.102. The van der Waals surface area contributed by atoms with Gasteiger partial charge in [0.05, 0.1) is 17.2 Å². The summed E-state index contributed by atoms with van der Waals surface area (Å²) in [5, 5.41) is 5.14. The molecule has 0 radical (unpaired) electrons. The fraction of sp³-hybridized carbons (Fsp3) is 0.273. The van der Waals surface area contributed by atoms with Crippen LogP contribution in [0.15, 0.2) is 52.7 Å². The minimum atomic E-state index is -3.65. The highest BCUT2D eigenvalue weighted by Crippen LogP contribution is 2.32. The Kier molecular flexibility index (Phi) is 5.59. The molecule has 0 fully saturated rings. The first kappa shape index (κ1) is 21.5. The Labute approximate surface area is 185 Å². The fourth-order valence-corrected chi connectivity index (χ4v) is 5.36. The van der Waals surface area contributed by atoms with Gasteiger partial charge in [0.2, 0.25) is 10.0 Å². The normalized spacial score (nSPS) is 13.5. The average Bonchev–Trinajstić information content (AvgIpc) is 3.35. The average molecular weight is 458 g/mol. The van der Waals surface area contributed by atoms with Crippen LogP contribution in [0.4, 0.5) is 5.13 Å². The van der Waals surface area contributed by atoms with E-state index >= 15 is 0 Å². The quantitative estimate of drug-likeness (QED) is 0.602. The van der Waals surface area contributed by atoms with Crippen molar-refractivity contribution in [3.63, 3.8) is 0 Å². The topological polar surface area (TPSA) is 97.4 Å². The molecule has 2 heterocycles. The first-order chi connectivity index (χ1) is 14.6. The zero-order valence-electron chi connectivity index (χ0n) is 17.4. The van der Waals surface area contributed by atoms with Gasteiger partial charge in [-0.05, 0) is 68.8 Å². The number of hydrogen-bond acceptors (Lipinski definition) is 6. The summed E-state index contributed by atoms with van der Waals surface area (Å²) < 4.78 is 32.9. The number of rotatable bonds is 5. The molecule has 0 bridgehead atoms. The van der Waals surface area contributed by atoms with Crippen molar-refractivity contribution in [2.24, 2.45) is 0 Å². The number of thiazole rings is 1. The van der Waals surface area contributed by atoms with E-state index in [9.17, 15) is 13.2 Å². The van der Waals surface area contributed by atoms with Crippen molar-refractivity contribution in [2.75, 3.05) is 11.9 Å². The number of sulfonamides is 1. The van der Waals surface area contributed by atoms with Gasteiger partial charge in [-0.25, -0.2) is 18.1 Å². The van der Waals surface area contributed by atoms with E-state index in [1.807, 2.05) is 17.5 Å². The largest absolute Gasteiger partial charge is 0.493 e. The summed E-state index contributed by atoms with van der Waals surface area (Å²) in [6, 6.07) is 11.8. The van der Waals surface area contributed by atoms with E-state index in [2.05, 4.69) is 21.1 Å². The minimum Gasteiger partial charge on any atom is -0.493 e. The van der Waals surface area contributed by atoms with E-state index in [4.69, 9.17) is 4.74 Å². The van der Waals surface area contributed by atoms with Gasteiger partial charge in [-0.3, -0.25) is 10.1 Å². The molecule has 7 nitrogen and oxygen atoms in total. The van der Waals surface area contributed by atoms with Gasteiger partial charge < -0.3 is 4.74 Å². The van der Waals surface area contributed by atoms with Gasteiger partial charge in [0.25, 0.3) is 5.91 Å². The van der Waals surface area contributed by atoms with E-state index in [1.165, 1.54) is 35.6 Å². The summed E-state index contributed by atoms with van der Waals surface area (Å²) in [5.74, 6) is 0.562. The third-order valence-electron chi connectivity index (χ3n) is 4.58. The molecule has 0 saturated carbocycles. The maximum atomic E-state index is 12.6. The van der Waals surface area contributed by atoms with Crippen LogP contribution in [0.2, 0.25) is 0 Å². The van der Waals surface area contributed by atoms with Crippen LogP contribution in [0, 0.1) is 0 Å². The lowest BCUT2D eigenvalue weighted by Crippen LogP contribution is -2.40. The Morgan fingerprint density at radius 1 is 1.13 bits per heavy atom. The van der Waals surface area contributed by atoms with Crippen LogP contribution in [-0.2, 0) is 16.4 Å². The Morgan fingerprint density at radius 2 is 1.87 bits per heavy atom. The molecule has 0 spiro atoms. The molecule has 1 amide bonds. The molecule has 4 rings (SSSR count). The number of fused-ring (bicyclic) bond motifs is 1. The van der Waals surface area contributed by atoms with Crippen molar-refractivity contribution in [3.05, 3.63) is 59.0 Å². The maximum Gasteiger partial charge on any atom is 0.257 e. The molecule has 9 heteroatoms. The van der Waals surface area contributed by atoms with E-state index in [0.717, 1.165) is 29.0 Å². The summed E-state index contributed by atoms with van der Waals surface area (Å²) in [6.07, 6.45) is 0.883. The Bertz CT molecular complexity index is 1230. The number of aromatic nitrogens is 1. The van der Waals surface area contributed by atoms with Gasteiger partial charge in [0.15, 0.2) is 5.13 Å². The van der Waals surface area contributed by atoms with Crippen LogP contribution >= 0.6 is 11.3 Å². The first-order valence-electron chi connectivity index (χ1n) is 9.78. The first-order valence-corrected chi connectivity index (χ1v) is 12.1. The molecule has 0 aliphatic carbocycles. The van der Waals surface area contributed by atoms with E-state index in [-0.39, 0.29) is 10.8 Å². The Balaban J connectivity index is 1.45. The number of nitrogens with zero attached hydrogens (tertiary/aromatic N) is 1. The van der Waals surface area contributed by atoms with Crippen LogP contribution in [0.5, 0.6) is 5.75 Å². The standard InChI is InChI=1S/C22H23N3O4S2/c1-22(2,3)25-31(27,28)17-7-4-14(5-8-17)20(26)24-21-23-18(13-30-21)15-6-9-19-16(12-15)10-11-29-19/h4-9,12-13,25H,10-11H2,1-3H3,(H,23,24,26). The molecule has 1 aliphatic heterocycles. The predicted octanol–water partition coefficient (Wildman–Crippen LogP) is 4.07. The van der Waals surface area contributed by atoms with E-state index < -0.39 is 15.6 Å². The van der Waals surface area contributed by atoms with Crippen LogP contribution < -0.4 is 14.8 Å². The van der Waals surface area contributed by atoms with Crippen molar-refractivity contribution in [3.8, 4) is 17.0 Å². The van der Waals surface area contributed by atoms with Crippen LogP contribution in [0.25, 0.3) is 11.3 Å². The second kappa shape index (κ2) is 8.07. The zero-order chi connectivity index (χ0) is 22.2. The molecule has 3 aromatic rings. The molecular formula is C22H23N3O4S2. The van der Waals surface area contributed by atoms with Gasteiger partial charge in [-0.15, -0.1) is 11.3 Å². The van der Waals surface area contributed by atoms with Gasteiger partial charge in [0.1, 0.15) is 5.75 Å². The zero-order valence-corrected chi connectivity index (χ0v) is 19.1. The van der Waals surface area contributed by atoms with E-state index in [0.29, 0.717) is 17.3 Å². The summed E-state index contributed by atoms with van der Waals surface area (Å²) in [5.41, 5.74) is 2.67. The number of anilines is 1. The second-order valence-electron chi connectivity index (χ2n) is 8.29. The molecule has 1 aliphatic rings. The minimum absolute atomic E-state index is 0.107. The molecule has 0 saturated heterocycles. The van der Waals surface area contributed by atoms with Crippen LogP contribution in [-0.4, -0.2) is 31.5 Å². The molecule has 0 unspecified atom stereocenters. The smallest absolute Gasteiger partial charge is 0.257 e. The fourth-order valence-electron chi connectivity index (χ4n) is 3.23. The van der Waals surface area contributed by atoms with Gasteiger partial charge in [-0.1, -0.05) is 0 Å². The predicted molar refractivity (Wildman–Crippen MR) is 121 cm³/mol. The molecule has 2 aromatic carbocycles. The van der Waals surface area contributed by atoms with Crippen molar-refractivity contribution in [1.29, 1.82) is 0 Å². The number of carbonyl (C=O) groups is 1.